The smallest absolute Gasteiger partial charge is 0.357 e. The maximum absolute atomic E-state index is 12.5. The molecule has 7 heteroatoms. The lowest BCUT2D eigenvalue weighted by Gasteiger charge is -2.30. The molecular weight excluding hydrogens is 336 g/mol. The number of carbonyl (C=O) groups is 2. The molecule has 0 radical (unpaired) electrons. The van der Waals surface area contributed by atoms with Crippen molar-refractivity contribution < 1.29 is 23.8 Å². The summed E-state index contributed by atoms with van der Waals surface area (Å²) in [5.41, 5.74) is 2.62. The molecule has 0 bridgehead atoms. The SMILES string of the molecule is COC(=O)c1c(N2CCOCC2)c(-c2ccc(OC)cc2)cn1C(C)=O. The normalized spacial score (nSPS) is 14.2. The third-order valence-corrected chi connectivity index (χ3v) is 4.42. The molecule has 2 aromatic rings. The second-order valence-electron chi connectivity index (χ2n) is 5.95. The highest BCUT2D eigenvalue weighted by atomic mass is 16.5. The fraction of sp³-hybridized carbons (Fsp3) is 0.368. The molecule has 0 atom stereocenters. The summed E-state index contributed by atoms with van der Waals surface area (Å²) in [5, 5.41) is 0. The van der Waals surface area contributed by atoms with Crippen molar-refractivity contribution in [3.8, 4) is 16.9 Å². The van der Waals surface area contributed by atoms with Crippen LogP contribution >= 0.6 is 0 Å². The number of benzene rings is 1. The second-order valence-corrected chi connectivity index (χ2v) is 5.95. The zero-order valence-electron chi connectivity index (χ0n) is 15.2. The Hall–Kier alpha value is -2.80. The van der Waals surface area contributed by atoms with Crippen LogP contribution in [0.1, 0.15) is 22.2 Å². The van der Waals surface area contributed by atoms with Crippen molar-refractivity contribution in [3.05, 3.63) is 36.2 Å². The van der Waals surface area contributed by atoms with Crippen LogP contribution in [0.2, 0.25) is 0 Å². The number of methoxy groups -OCH3 is 2. The Kier molecular flexibility index (Phi) is 5.27. The minimum absolute atomic E-state index is 0.243. The van der Waals surface area contributed by atoms with Gasteiger partial charge in [0.1, 0.15) is 5.75 Å². The number of rotatable bonds is 4. The zero-order valence-corrected chi connectivity index (χ0v) is 15.2. The van der Waals surface area contributed by atoms with Gasteiger partial charge in [0.2, 0.25) is 5.91 Å². The van der Waals surface area contributed by atoms with Crippen molar-refractivity contribution in [2.24, 2.45) is 0 Å². The first-order chi connectivity index (χ1) is 12.6. The first-order valence-electron chi connectivity index (χ1n) is 8.38. The van der Waals surface area contributed by atoms with Crippen molar-refractivity contribution in [2.75, 3.05) is 45.4 Å². The minimum Gasteiger partial charge on any atom is -0.497 e. The molecule has 0 N–H and O–H groups in total. The highest BCUT2D eigenvalue weighted by molar-refractivity contribution is 6.03. The summed E-state index contributed by atoms with van der Waals surface area (Å²) in [6.45, 7) is 3.82. The summed E-state index contributed by atoms with van der Waals surface area (Å²) in [7, 11) is 2.92. The van der Waals surface area contributed by atoms with Crippen LogP contribution in [-0.2, 0) is 9.47 Å². The lowest BCUT2D eigenvalue weighted by atomic mass is 10.1. The summed E-state index contributed by atoms with van der Waals surface area (Å²) in [6, 6.07) is 7.51. The molecule has 26 heavy (non-hydrogen) atoms. The molecule has 0 saturated carbocycles. The molecule has 7 nitrogen and oxygen atoms in total. The predicted molar refractivity (Wildman–Crippen MR) is 97.1 cm³/mol. The van der Waals surface area contributed by atoms with E-state index in [0.29, 0.717) is 32.0 Å². The van der Waals surface area contributed by atoms with Crippen molar-refractivity contribution in [3.63, 3.8) is 0 Å². The monoisotopic (exact) mass is 358 g/mol. The van der Waals surface area contributed by atoms with Crippen molar-refractivity contribution in [2.45, 2.75) is 6.92 Å². The largest absolute Gasteiger partial charge is 0.497 e. The van der Waals surface area contributed by atoms with Gasteiger partial charge in [0.15, 0.2) is 5.69 Å². The highest BCUT2D eigenvalue weighted by Crippen LogP contribution is 2.37. The van der Waals surface area contributed by atoms with Crippen LogP contribution in [0.15, 0.2) is 30.5 Å². The quantitative estimate of drug-likeness (QED) is 0.782. The van der Waals surface area contributed by atoms with Crippen LogP contribution in [0.3, 0.4) is 0 Å². The Morgan fingerprint density at radius 1 is 1.08 bits per heavy atom. The van der Waals surface area contributed by atoms with Gasteiger partial charge in [-0.2, -0.15) is 0 Å². The Labute approximate surface area is 152 Å². The van der Waals surface area contributed by atoms with Crippen LogP contribution < -0.4 is 9.64 Å². The molecule has 1 saturated heterocycles. The Bertz CT molecular complexity index is 804. The van der Waals surface area contributed by atoms with Crippen LogP contribution in [0.4, 0.5) is 5.69 Å². The summed E-state index contributed by atoms with van der Waals surface area (Å²) in [4.78, 5) is 26.7. The van der Waals surface area contributed by atoms with Crippen molar-refractivity contribution in [1.29, 1.82) is 0 Å². The molecule has 0 unspecified atom stereocenters. The highest BCUT2D eigenvalue weighted by Gasteiger charge is 2.29. The number of ether oxygens (including phenoxy) is 3. The standard InChI is InChI=1S/C19H22N2O5/c1-13(22)21-12-16(14-4-6-15(24-2)7-5-14)17(18(21)19(23)25-3)20-8-10-26-11-9-20/h4-7,12H,8-11H2,1-3H3. The maximum Gasteiger partial charge on any atom is 0.357 e. The number of hydrogen-bond acceptors (Lipinski definition) is 6. The molecule has 138 valence electrons. The van der Waals surface area contributed by atoms with E-state index in [4.69, 9.17) is 14.2 Å². The Morgan fingerprint density at radius 2 is 1.73 bits per heavy atom. The third-order valence-electron chi connectivity index (χ3n) is 4.42. The summed E-state index contributed by atoms with van der Waals surface area (Å²) in [5.74, 6) is -0.0537. The fourth-order valence-electron chi connectivity index (χ4n) is 3.13. The first kappa shape index (κ1) is 18.0. The molecule has 3 rings (SSSR count). The maximum atomic E-state index is 12.5. The molecular formula is C19H22N2O5. The van der Waals surface area contributed by atoms with Gasteiger partial charge < -0.3 is 19.1 Å². The topological polar surface area (TPSA) is 70.0 Å². The second kappa shape index (κ2) is 7.61. The predicted octanol–water partition coefficient (Wildman–Crippen LogP) is 2.45. The van der Waals surface area contributed by atoms with Gasteiger partial charge in [-0.3, -0.25) is 9.36 Å². The molecule has 0 amide bonds. The number of nitrogens with zero attached hydrogens (tertiary/aromatic N) is 2. The summed E-state index contributed by atoms with van der Waals surface area (Å²) < 4.78 is 17.0. The number of carbonyl (C=O) groups excluding carboxylic acids is 2. The molecule has 1 aliphatic rings. The summed E-state index contributed by atoms with van der Waals surface area (Å²) >= 11 is 0. The number of aromatic nitrogens is 1. The molecule has 1 aromatic heterocycles. The van der Waals surface area contributed by atoms with E-state index in [1.165, 1.54) is 18.6 Å². The van der Waals surface area contributed by atoms with Gasteiger partial charge in [0.25, 0.3) is 0 Å². The average molecular weight is 358 g/mol. The van der Waals surface area contributed by atoms with E-state index < -0.39 is 5.97 Å². The van der Waals surface area contributed by atoms with E-state index in [0.717, 1.165) is 16.9 Å². The lowest BCUT2D eigenvalue weighted by molar-refractivity contribution is 0.0582. The van der Waals surface area contributed by atoms with Crippen LogP contribution in [-0.4, -0.2) is 57.0 Å². The average Bonchev–Trinajstić information content (AvgIpc) is 3.09. The first-order valence-corrected chi connectivity index (χ1v) is 8.38. The number of esters is 1. The third kappa shape index (κ3) is 3.30. The molecule has 0 spiro atoms. The van der Waals surface area contributed by atoms with E-state index in [1.54, 1.807) is 13.3 Å². The van der Waals surface area contributed by atoms with Gasteiger partial charge in [-0.1, -0.05) is 12.1 Å². The fourth-order valence-corrected chi connectivity index (χ4v) is 3.13. The molecule has 1 aromatic carbocycles. The van der Waals surface area contributed by atoms with E-state index in [9.17, 15) is 9.59 Å². The van der Waals surface area contributed by atoms with E-state index in [-0.39, 0.29) is 11.6 Å². The van der Waals surface area contributed by atoms with Gasteiger partial charge in [-0.15, -0.1) is 0 Å². The van der Waals surface area contributed by atoms with Crippen LogP contribution in [0.25, 0.3) is 11.1 Å². The summed E-state index contributed by atoms with van der Waals surface area (Å²) in [6.07, 6.45) is 1.70. The molecule has 2 heterocycles. The minimum atomic E-state index is -0.540. The molecule has 1 fully saturated rings. The van der Waals surface area contributed by atoms with E-state index >= 15 is 0 Å². The zero-order chi connectivity index (χ0) is 18.7. The van der Waals surface area contributed by atoms with E-state index in [2.05, 4.69) is 4.90 Å². The van der Waals surface area contributed by atoms with Crippen LogP contribution in [0.5, 0.6) is 5.75 Å². The van der Waals surface area contributed by atoms with Gasteiger partial charge in [-0.25, -0.2) is 4.79 Å². The molecule has 0 aliphatic carbocycles. The van der Waals surface area contributed by atoms with E-state index in [1.807, 2.05) is 24.3 Å². The number of morpholine rings is 1. The van der Waals surface area contributed by atoms with Crippen molar-refractivity contribution >= 4 is 17.6 Å². The van der Waals surface area contributed by atoms with Gasteiger partial charge >= 0.3 is 5.97 Å². The van der Waals surface area contributed by atoms with Crippen LogP contribution in [0, 0.1) is 0 Å². The lowest BCUT2D eigenvalue weighted by Crippen LogP contribution is -2.37. The number of anilines is 1. The van der Waals surface area contributed by atoms with Crippen molar-refractivity contribution in [1.82, 2.24) is 4.57 Å². The van der Waals surface area contributed by atoms with Gasteiger partial charge in [0.05, 0.1) is 33.1 Å². The molecule has 1 aliphatic heterocycles. The Balaban J connectivity index is 2.20. The van der Waals surface area contributed by atoms with Gasteiger partial charge in [0, 0.05) is 31.8 Å². The number of hydrogen-bond donors (Lipinski definition) is 0. The Morgan fingerprint density at radius 3 is 2.27 bits per heavy atom. The van der Waals surface area contributed by atoms with Gasteiger partial charge in [-0.05, 0) is 17.7 Å².